The zero-order valence-electron chi connectivity index (χ0n) is 13.6. The summed E-state index contributed by atoms with van der Waals surface area (Å²) in [6, 6.07) is 3.00. The summed E-state index contributed by atoms with van der Waals surface area (Å²) in [7, 11) is 1.04. The highest BCUT2D eigenvalue weighted by molar-refractivity contribution is 5.85. The van der Waals surface area contributed by atoms with Gasteiger partial charge in [0.2, 0.25) is 5.91 Å². The molecule has 0 aromatic heterocycles. The van der Waals surface area contributed by atoms with Gasteiger partial charge in [-0.3, -0.25) is 4.79 Å². The van der Waals surface area contributed by atoms with Crippen LogP contribution in [0.4, 0.5) is 13.2 Å². The van der Waals surface area contributed by atoms with Crippen molar-refractivity contribution in [1.82, 2.24) is 5.32 Å². The highest BCUT2D eigenvalue weighted by Gasteiger charge is 2.37. The fraction of sp³-hybridized carbons (Fsp3) is 0.500. The predicted molar refractivity (Wildman–Crippen MR) is 80.0 cm³/mol. The van der Waals surface area contributed by atoms with Crippen LogP contribution in [0.1, 0.15) is 37.4 Å². The van der Waals surface area contributed by atoms with E-state index in [2.05, 4.69) is 10.1 Å². The molecule has 5 nitrogen and oxygen atoms in total. The number of amides is 1. The molecule has 0 unspecified atom stereocenters. The molecule has 0 radical (unpaired) electrons. The summed E-state index contributed by atoms with van der Waals surface area (Å²) in [4.78, 5) is 23.8. The van der Waals surface area contributed by atoms with E-state index in [1.807, 2.05) is 0 Å². The molecule has 0 saturated heterocycles. The maximum atomic E-state index is 13.1. The minimum atomic E-state index is -4.66. The van der Waals surface area contributed by atoms with E-state index in [4.69, 9.17) is 4.74 Å². The Morgan fingerprint density at radius 1 is 1.21 bits per heavy atom. The maximum absolute atomic E-state index is 13.1. The second-order valence-corrected chi connectivity index (χ2v) is 5.28. The second kappa shape index (κ2) is 8.68. The number of benzene rings is 1. The lowest BCUT2D eigenvalue weighted by molar-refractivity contribution is -0.147. The van der Waals surface area contributed by atoms with Crippen molar-refractivity contribution in [2.45, 2.75) is 38.6 Å². The van der Waals surface area contributed by atoms with Gasteiger partial charge in [0.1, 0.15) is 0 Å². The number of alkyl halides is 3. The van der Waals surface area contributed by atoms with E-state index in [9.17, 15) is 22.8 Å². The summed E-state index contributed by atoms with van der Waals surface area (Å²) in [5.74, 6) is -1.59. The van der Waals surface area contributed by atoms with Gasteiger partial charge in [-0.25, -0.2) is 4.79 Å². The number of esters is 1. The third kappa shape index (κ3) is 5.84. The van der Waals surface area contributed by atoms with Crippen molar-refractivity contribution >= 4 is 11.9 Å². The number of methoxy groups -OCH3 is 1. The molecule has 24 heavy (non-hydrogen) atoms. The topological polar surface area (TPSA) is 64.6 Å². The Bertz CT molecular complexity index is 573. The minimum absolute atomic E-state index is 0.0832. The zero-order chi connectivity index (χ0) is 18.3. The van der Waals surface area contributed by atoms with Gasteiger partial charge in [-0.05, 0) is 25.5 Å². The molecule has 1 aromatic carbocycles. The number of carbonyl (C=O) groups is 2. The fourth-order valence-electron chi connectivity index (χ4n) is 2.01. The number of rotatable bonds is 7. The Morgan fingerprint density at radius 2 is 1.83 bits per heavy atom. The van der Waals surface area contributed by atoms with Gasteiger partial charge >= 0.3 is 12.1 Å². The van der Waals surface area contributed by atoms with Gasteiger partial charge in [-0.15, -0.1) is 0 Å². The molecule has 1 aromatic rings. The Balaban J connectivity index is 2.99. The van der Waals surface area contributed by atoms with Crippen molar-refractivity contribution in [1.29, 1.82) is 0 Å². The molecule has 8 heteroatoms. The van der Waals surface area contributed by atoms with Crippen LogP contribution in [0.2, 0.25) is 0 Å². The van der Waals surface area contributed by atoms with Crippen LogP contribution in [0.5, 0.6) is 0 Å². The number of hydrogen-bond acceptors (Lipinski definition) is 4. The monoisotopic (exact) mass is 347 g/mol. The van der Waals surface area contributed by atoms with Crippen LogP contribution in [-0.2, 0) is 25.2 Å². The normalized spacial score (nSPS) is 12.8. The summed E-state index contributed by atoms with van der Waals surface area (Å²) in [5, 5.41) is 2.28. The molecule has 0 aliphatic carbocycles. The van der Waals surface area contributed by atoms with Crippen LogP contribution in [-0.4, -0.2) is 31.7 Å². The van der Waals surface area contributed by atoms with Crippen molar-refractivity contribution in [2.75, 3.05) is 13.7 Å². The van der Waals surface area contributed by atoms with E-state index >= 15 is 0 Å². The van der Waals surface area contributed by atoms with Gasteiger partial charge in [0.15, 0.2) is 6.04 Å². The summed E-state index contributed by atoms with van der Waals surface area (Å²) in [6.07, 6.45) is -4.83. The smallest absolute Gasteiger partial charge is 0.416 e. The van der Waals surface area contributed by atoms with Crippen molar-refractivity contribution in [2.24, 2.45) is 0 Å². The Labute approximate surface area is 138 Å². The minimum Gasteiger partial charge on any atom is -0.467 e. The van der Waals surface area contributed by atoms with Gasteiger partial charge in [-0.2, -0.15) is 13.2 Å². The van der Waals surface area contributed by atoms with Gasteiger partial charge < -0.3 is 14.8 Å². The van der Waals surface area contributed by atoms with E-state index in [0.717, 1.165) is 19.2 Å². The first kappa shape index (κ1) is 20.0. The summed E-state index contributed by atoms with van der Waals surface area (Å²) in [6.45, 7) is 3.67. The van der Waals surface area contributed by atoms with Gasteiger partial charge in [-0.1, -0.05) is 18.2 Å². The molecule has 0 aliphatic heterocycles. The van der Waals surface area contributed by atoms with Crippen molar-refractivity contribution < 1.29 is 32.2 Å². The molecule has 0 fully saturated rings. The first-order valence-corrected chi connectivity index (χ1v) is 7.31. The molecule has 1 amide bonds. The number of halogens is 3. The standard InChI is InChI=1S/C16H20F3NO4/c1-10(2)24-9-8-13(21)20-14(15(22)23-3)11-6-4-5-7-12(11)16(17,18)19/h4-7,10,14H,8-9H2,1-3H3,(H,20,21)/t14-/m0/s1. The van der Waals surface area contributed by atoms with E-state index in [1.54, 1.807) is 13.8 Å². The molecule has 0 bridgehead atoms. The number of carbonyl (C=O) groups excluding carboxylic acids is 2. The Morgan fingerprint density at radius 3 is 2.38 bits per heavy atom. The number of ether oxygens (including phenoxy) is 2. The largest absolute Gasteiger partial charge is 0.467 e. The molecule has 134 valence electrons. The van der Waals surface area contributed by atoms with Crippen molar-refractivity contribution in [3.05, 3.63) is 35.4 Å². The average Bonchev–Trinajstić information content (AvgIpc) is 2.50. The lowest BCUT2D eigenvalue weighted by atomic mass is 9.99. The zero-order valence-corrected chi connectivity index (χ0v) is 13.6. The van der Waals surface area contributed by atoms with Crippen LogP contribution in [0.15, 0.2) is 24.3 Å². The van der Waals surface area contributed by atoms with Crippen molar-refractivity contribution in [3.8, 4) is 0 Å². The summed E-state index contributed by atoms with van der Waals surface area (Å²) < 4.78 is 49.1. The SMILES string of the molecule is COC(=O)[C@@H](NC(=O)CCOC(C)C)c1ccccc1C(F)(F)F. The lowest BCUT2D eigenvalue weighted by Crippen LogP contribution is -2.36. The van der Waals surface area contributed by atoms with Gasteiger partial charge in [0, 0.05) is 0 Å². The Kier molecular flexibility index (Phi) is 7.21. The number of hydrogen-bond donors (Lipinski definition) is 1. The molecule has 1 rings (SSSR count). The third-order valence-electron chi connectivity index (χ3n) is 3.10. The van der Waals surface area contributed by atoms with Crippen LogP contribution in [0, 0.1) is 0 Å². The van der Waals surface area contributed by atoms with E-state index in [-0.39, 0.29) is 24.7 Å². The van der Waals surface area contributed by atoms with Gasteiger partial charge in [0.05, 0.1) is 31.8 Å². The Hall–Kier alpha value is -2.09. The first-order valence-electron chi connectivity index (χ1n) is 7.31. The molecule has 0 aliphatic rings. The predicted octanol–water partition coefficient (Wildman–Crippen LogP) is 2.85. The summed E-state index contributed by atoms with van der Waals surface area (Å²) in [5.41, 5.74) is -1.37. The average molecular weight is 347 g/mol. The van der Waals surface area contributed by atoms with Crippen LogP contribution >= 0.6 is 0 Å². The van der Waals surface area contributed by atoms with Crippen LogP contribution < -0.4 is 5.32 Å². The van der Waals surface area contributed by atoms with E-state index in [1.165, 1.54) is 12.1 Å². The summed E-state index contributed by atoms with van der Waals surface area (Å²) >= 11 is 0. The first-order chi connectivity index (χ1) is 11.2. The highest BCUT2D eigenvalue weighted by atomic mass is 19.4. The molecule has 0 heterocycles. The second-order valence-electron chi connectivity index (χ2n) is 5.28. The maximum Gasteiger partial charge on any atom is 0.416 e. The van der Waals surface area contributed by atoms with E-state index < -0.39 is 29.7 Å². The quantitative estimate of drug-likeness (QED) is 0.771. The molecule has 1 atom stereocenters. The fourth-order valence-corrected chi connectivity index (χ4v) is 2.01. The molecular weight excluding hydrogens is 327 g/mol. The van der Waals surface area contributed by atoms with Crippen molar-refractivity contribution in [3.63, 3.8) is 0 Å². The third-order valence-corrected chi connectivity index (χ3v) is 3.10. The molecule has 0 spiro atoms. The number of nitrogens with one attached hydrogen (secondary N) is 1. The highest BCUT2D eigenvalue weighted by Crippen LogP contribution is 2.34. The molecule has 0 saturated carbocycles. The van der Waals surface area contributed by atoms with Crippen LogP contribution in [0.3, 0.4) is 0 Å². The van der Waals surface area contributed by atoms with Crippen LogP contribution in [0.25, 0.3) is 0 Å². The molecular formula is C16H20F3NO4. The van der Waals surface area contributed by atoms with Gasteiger partial charge in [0.25, 0.3) is 0 Å². The molecule has 1 N–H and O–H groups in total. The van der Waals surface area contributed by atoms with E-state index in [0.29, 0.717) is 0 Å². The lowest BCUT2D eigenvalue weighted by Gasteiger charge is -2.21.